The van der Waals surface area contributed by atoms with Gasteiger partial charge >= 0.3 is 0 Å². The van der Waals surface area contributed by atoms with Gasteiger partial charge in [0.05, 0.1) is 17.2 Å². The van der Waals surface area contributed by atoms with Gasteiger partial charge in [-0.15, -0.1) is 0 Å². The molecule has 1 amide bonds. The molecule has 1 aliphatic heterocycles. The van der Waals surface area contributed by atoms with Crippen LogP contribution in [0.3, 0.4) is 0 Å². The quantitative estimate of drug-likeness (QED) is 0.598. The van der Waals surface area contributed by atoms with E-state index in [0.717, 1.165) is 6.26 Å². The van der Waals surface area contributed by atoms with Crippen LogP contribution in [0.2, 0.25) is 0 Å². The highest BCUT2D eigenvalue weighted by molar-refractivity contribution is 7.90. The van der Waals surface area contributed by atoms with Crippen LogP contribution in [-0.4, -0.2) is 56.8 Å². The normalized spacial score (nSPS) is 14.4. The van der Waals surface area contributed by atoms with Gasteiger partial charge in [0.15, 0.2) is 9.84 Å². The summed E-state index contributed by atoms with van der Waals surface area (Å²) in [6, 6.07) is 14.5. The van der Waals surface area contributed by atoms with Crippen LogP contribution in [0.15, 0.2) is 65.6 Å². The lowest BCUT2D eigenvalue weighted by atomic mass is 9.98. The molecule has 6 nitrogen and oxygen atoms in total. The van der Waals surface area contributed by atoms with E-state index >= 15 is 0 Å². The van der Waals surface area contributed by atoms with E-state index in [0.29, 0.717) is 48.6 Å². The first kappa shape index (κ1) is 23.8. The van der Waals surface area contributed by atoms with Crippen LogP contribution in [0, 0.1) is 11.6 Å². The number of sulfone groups is 1. The van der Waals surface area contributed by atoms with E-state index in [1.165, 1.54) is 30.3 Å². The number of anilines is 1. The lowest BCUT2D eigenvalue weighted by Crippen LogP contribution is -2.49. The molecule has 0 saturated carbocycles. The van der Waals surface area contributed by atoms with Crippen molar-refractivity contribution in [2.45, 2.75) is 11.5 Å². The van der Waals surface area contributed by atoms with Crippen LogP contribution in [0.1, 0.15) is 15.9 Å². The Morgan fingerprint density at radius 1 is 0.941 bits per heavy atom. The molecule has 1 heterocycles. The van der Waals surface area contributed by atoms with E-state index < -0.39 is 21.5 Å². The number of aliphatic hydroxyl groups excluding tert-OH is 1. The number of benzene rings is 3. The van der Waals surface area contributed by atoms with Gasteiger partial charge in [0.1, 0.15) is 11.6 Å². The van der Waals surface area contributed by atoms with E-state index in [9.17, 15) is 27.1 Å². The van der Waals surface area contributed by atoms with Crippen molar-refractivity contribution in [2.24, 2.45) is 0 Å². The minimum Gasteiger partial charge on any atom is -0.392 e. The fourth-order valence-corrected chi connectivity index (χ4v) is 4.69. The lowest BCUT2D eigenvalue weighted by Gasteiger charge is -2.36. The summed E-state index contributed by atoms with van der Waals surface area (Å²) in [6.45, 7) is 1.15. The van der Waals surface area contributed by atoms with Crippen molar-refractivity contribution in [2.75, 3.05) is 37.3 Å². The SMILES string of the molecule is CS(=O)(=O)c1ccc(-c2ccc(F)cc2)c(C(=O)N2CCN(c3ccc(CO)cc3F)CC2)c1. The number of carbonyl (C=O) groups excluding carboxylic acids is 1. The van der Waals surface area contributed by atoms with Crippen LogP contribution < -0.4 is 4.90 Å². The zero-order chi connectivity index (χ0) is 24.5. The van der Waals surface area contributed by atoms with E-state index in [4.69, 9.17) is 0 Å². The summed E-state index contributed by atoms with van der Waals surface area (Å²) in [6.07, 6.45) is 1.07. The second-order valence-electron chi connectivity index (χ2n) is 8.21. The molecular weight excluding hydrogens is 462 g/mol. The maximum absolute atomic E-state index is 14.5. The van der Waals surface area contributed by atoms with Crippen LogP contribution in [0.5, 0.6) is 0 Å². The number of hydrogen-bond acceptors (Lipinski definition) is 5. The van der Waals surface area contributed by atoms with Crippen LogP contribution >= 0.6 is 0 Å². The van der Waals surface area contributed by atoms with E-state index in [-0.39, 0.29) is 23.0 Å². The number of halogens is 2. The first-order valence-electron chi connectivity index (χ1n) is 10.7. The number of hydrogen-bond donors (Lipinski definition) is 1. The van der Waals surface area contributed by atoms with Gasteiger partial charge in [-0.1, -0.05) is 24.3 Å². The smallest absolute Gasteiger partial charge is 0.254 e. The van der Waals surface area contributed by atoms with Crippen molar-refractivity contribution in [3.05, 3.63) is 83.4 Å². The van der Waals surface area contributed by atoms with Crippen molar-refractivity contribution in [3.8, 4) is 11.1 Å². The van der Waals surface area contributed by atoms with Gasteiger partial charge in [-0.25, -0.2) is 17.2 Å². The monoisotopic (exact) mass is 486 g/mol. The molecule has 1 aliphatic rings. The Morgan fingerprint density at radius 2 is 1.62 bits per heavy atom. The zero-order valence-corrected chi connectivity index (χ0v) is 19.4. The highest BCUT2D eigenvalue weighted by atomic mass is 32.2. The molecule has 0 aromatic heterocycles. The second kappa shape index (κ2) is 9.52. The molecular formula is C25H24F2N2O4S. The standard InChI is InChI=1S/C25H24F2N2O4S/c1-34(32,33)20-7-8-21(18-3-5-19(26)6-4-18)22(15-20)25(31)29-12-10-28(11-13-29)24-9-2-17(16-30)14-23(24)27/h2-9,14-15,30H,10-13,16H2,1H3. The molecule has 1 fully saturated rings. The zero-order valence-electron chi connectivity index (χ0n) is 18.5. The Hall–Kier alpha value is -3.30. The van der Waals surface area contributed by atoms with Gasteiger partial charge in [-0.05, 0) is 53.1 Å². The molecule has 0 spiro atoms. The highest BCUT2D eigenvalue weighted by Gasteiger charge is 2.26. The molecule has 4 rings (SSSR count). The third-order valence-corrected chi connectivity index (χ3v) is 7.02. The van der Waals surface area contributed by atoms with E-state index in [1.807, 2.05) is 4.90 Å². The molecule has 0 aliphatic carbocycles. The van der Waals surface area contributed by atoms with Gasteiger partial charge in [0, 0.05) is 38.0 Å². The molecule has 0 atom stereocenters. The average molecular weight is 487 g/mol. The largest absolute Gasteiger partial charge is 0.392 e. The fourth-order valence-electron chi connectivity index (χ4n) is 4.04. The van der Waals surface area contributed by atoms with Crippen molar-refractivity contribution >= 4 is 21.4 Å². The molecule has 0 radical (unpaired) electrons. The summed E-state index contributed by atoms with van der Waals surface area (Å²) in [5, 5.41) is 9.17. The Morgan fingerprint density at radius 3 is 2.21 bits per heavy atom. The van der Waals surface area contributed by atoms with Crippen molar-refractivity contribution in [1.29, 1.82) is 0 Å². The first-order valence-corrected chi connectivity index (χ1v) is 12.6. The maximum Gasteiger partial charge on any atom is 0.254 e. The summed E-state index contributed by atoms with van der Waals surface area (Å²) in [7, 11) is -3.55. The predicted octanol–water partition coefficient (Wildman–Crippen LogP) is 3.49. The predicted molar refractivity (Wildman–Crippen MR) is 125 cm³/mol. The summed E-state index contributed by atoms with van der Waals surface area (Å²) < 4.78 is 52.1. The van der Waals surface area contributed by atoms with Gasteiger partial charge < -0.3 is 14.9 Å². The maximum atomic E-state index is 14.5. The number of amides is 1. The fraction of sp³-hybridized carbons (Fsp3) is 0.240. The first-order chi connectivity index (χ1) is 16.2. The topological polar surface area (TPSA) is 77.9 Å². The summed E-state index contributed by atoms with van der Waals surface area (Å²) in [5.41, 5.74) is 2.19. The van der Waals surface area contributed by atoms with E-state index in [2.05, 4.69) is 0 Å². The van der Waals surface area contributed by atoms with E-state index in [1.54, 1.807) is 35.2 Å². The van der Waals surface area contributed by atoms with Crippen LogP contribution in [0.25, 0.3) is 11.1 Å². The average Bonchev–Trinajstić information content (AvgIpc) is 2.83. The van der Waals surface area contributed by atoms with Crippen molar-refractivity contribution in [1.82, 2.24) is 4.90 Å². The van der Waals surface area contributed by atoms with Gasteiger partial charge in [0.25, 0.3) is 5.91 Å². The minimum atomic E-state index is -3.55. The number of piperazine rings is 1. The van der Waals surface area contributed by atoms with Gasteiger partial charge in [0.2, 0.25) is 0 Å². The van der Waals surface area contributed by atoms with Crippen molar-refractivity contribution in [3.63, 3.8) is 0 Å². The second-order valence-corrected chi connectivity index (χ2v) is 10.2. The summed E-state index contributed by atoms with van der Waals surface area (Å²) in [5.74, 6) is -1.20. The molecule has 0 unspecified atom stereocenters. The highest BCUT2D eigenvalue weighted by Crippen LogP contribution is 2.29. The molecule has 1 saturated heterocycles. The Labute approximate surface area is 197 Å². The van der Waals surface area contributed by atoms with Gasteiger partial charge in [-0.2, -0.15) is 0 Å². The number of rotatable bonds is 5. The third-order valence-electron chi connectivity index (χ3n) is 5.91. The number of nitrogens with zero attached hydrogens (tertiary/aromatic N) is 2. The lowest BCUT2D eigenvalue weighted by molar-refractivity contribution is 0.0747. The Bertz CT molecular complexity index is 1320. The van der Waals surface area contributed by atoms with Crippen LogP contribution in [0.4, 0.5) is 14.5 Å². The Kier molecular flexibility index (Phi) is 6.67. The number of aliphatic hydroxyl groups is 1. The molecule has 1 N–H and O–H groups in total. The van der Waals surface area contributed by atoms with Gasteiger partial charge in [-0.3, -0.25) is 4.79 Å². The minimum absolute atomic E-state index is 0.0198. The molecule has 3 aromatic rings. The summed E-state index contributed by atoms with van der Waals surface area (Å²) >= 11 is 0. The number of carbonyl (C=O) groups is 1. The molecule has 34 heavy (non-hydrogen) atoms. The van der Waals surface area contributed by atoms with Crippen molar-refractivity contribution < 1.29 is 27.1 Å². The molecule has 3 aromatic carbocycles. The summed E-state index contributed by atoms with van der Waals surface area (Å²) in [4.78, 5) is 16.9. The molecule has 0 bridgehead atoms. The van der Waals surface area contributed by atoms with Crippen LogP contribution in [-0.2, 0) is 16.4 Å². The molecule has 178 valence electrons. The third kappa shape index (κ3) is 4.95. The molecule has 9 heteroatoms. The Balaban J connectivity index is 1.60.